The molecular formula is C17H17Hf. The minimum atomic E-state index is -1.37. The van der Waals surface area contributed by atoms with Crippen molar-refractivity contribution in [3.63, 3.8) is 0 Å². The minimum absolute atomic E-state index is 0.786. The molecule has 0 fully saturated rings. The van der Waals surface area contributed by atoms with Gasteiger partial charge in [0.05, 0.1) is 0 Å². The van der Waals surface area contributed by atoms with Gasteiger partial charge in [0, 0.05) is 0 Å². The van der Waals surface area contributed by atoms with Gasteiger partial charge in [0.25, 0.3) is 0 Å². The van der Waals surface area contributed by atoms with Crippen molar-refractivity contribution in [3.8, 4) is 11.1 Å². The van der Waals surface area contributed by atoms with E-state index >= 15 is 0 Å². The van der Waals surface area contributed by atoms with Gasteiger partial charge in [0.1, 0.15) is 0 Å². The molecule has 0 saturated heterocycles. The third-order valence-corrected chi connectivity index (χ3v) is 9.92. The Morgan fingerprint density at radius 1 is 0.889 bits per heavy atom. The van der Waals surface area contributed by atoms with Crippen LogP contribution in [0.15, 0.2) is 54.6 Å². The first kappa shape index (κ1) is 12.1. The van der Waals surface area contributed by atoms with Crippen molar-refractivity contribution in [2.24, 2.45) is 0 Å². The second-order valence-electron chi connectivity index (χ2n) is 5.09. The average Bonchev–Trinajstić information content (AvgIpc) is 2.83. The molecule has 1 atom stereocenters. The molecule has 0 amide bonds. The van der Waals surface area contributed by atoms with Gasteiger partial charge in [-0.15, -0.1) is 0 Å². The summed E-state index contributed by atoms with van der Waals surface area (Å²) in [6.07, 6.45) is 4.79. The van der Waals surface area contributed by atoms with Gasteiger partial charge in [-0.25, -0.2) is 0 Å². The molecule has 89 valence electrons. The number of fused-ring (bicyclic) bond motifs is 1. The van der Waals surface area contributed by atoms with Crippen LogP contribution in [0.2, 0.25) is 9.36 Å². The summed E-state index contributed by atoms with van der Waals surface area (Å²) in [5, 5.41) is 0. The molecule has 1 aliphatic rings. The first-order valence-electron chi connectivity index (χ1n) is 6.44. The van der Waals surface area contributed by atoms with Crippen LogP contribution >= 0.6 is 0 Å². The van der Waals surface area contributed by atoms with E-state index in [1.54, 1.807) is 5.56 Å². The Labute approximate surface area is 117 Å². The maximum absolute atomic E-state index is 2.50. The average molecular weight is 400 g/mol. The molecule has 0 spiro atoms. The van der Waals surface area contributed by atoms with Crippen molar-refractivity contribution in [3.05, 3.63) is 65.7 Å². The third kappa shape index (κ3) is 2.05. The van der Waals surface area contributed by atoms with Crippen LogP contribution in [0.5, 0.6) is 0 Å². The fraction of sp³-hybridized carbons (Fsp3) is 0.176. The van der Waals surface area contributed by atoms with E-state index in [9.17, 15) is 0 Å². The summed E-state index contributed by atoms with van der Waals surface area (Å²) < 4.78 is 5.79. The van der Waals surface area contributed by atoms with E-state index in [-0.39, 0.29) is 0 Å². The SMILES string of the molecule is [CH3][Hf]([CH3])[CH]1C=Cc2c(-c3ccccc3)cccc21. The fourth-order valence-corrected chi connectivity index (χ4v) is 7.58. The first-order valence-corrected chi connectivity index (χ1v) is 15.7. The normalized spacial score (nSPS) is 16.7. The summed E-state index contributed by atoms with van der Waals surface area (Å²) in [7, 11) is 0. The summed E-state index contributed by atoms with van der Waals surface area (Å²) in [5.41, 5.74) is 5.75. The van der Waals surface area contributed by atoms with E-state index < -0.39 is 21.4 Å². The van der Waals surface area contributed by atoms with Crippen molar-refractivity contribution in [2.75, 3.05) is 0 Å². The molecule has 0 N–H and O–H groups in total. The number of allylic oxidation sites excluding steroid dienone is 1. The van der Waals surface area contributed by atoms with Crippen LogP contribution in [-0.2, 0) is 21.4 Å². The first-order chi connectivity index (χ1) is 8.77. The van der Waals surface area contributed by atoms with Crippen molar-refractivity contribution in [2.45, 2.75) is 13.0 Å². The van der Waals surface area contributed by atoms with Crippen LogP contribution in [-0.4, -0.2) is 0 Å². The Morgan fingerprint density at radius 2 is 1.67 bits per heavy atom. The van der Waals surface area contributed by atoms with E-state index in [2.05, 4.69) is 70.0 Å². The van der Waals surface area contributed by atoms with E-state index in [1.165, 1.54) is 16.7 Å². The molecule has 0 aliphatic heterocycles. The Kier molecular flexibility index (Phi) is 3.34. The van der Waals surface area contributed by atoms with Gasteiger partial charge >= 0.3 is 117 Å². The molecular weight excluding hydrogens is 383 g/mol. The van der Waals surface area contributed by atoms with Gasteiger partial charge in [0.15, 0.2) is 0 Å². The maximum atomic E-state index is 2.50. The van der Waals surface area contributed by atoms with Gasteiger partial charge in [-0.1, -0.05) is 0 Å². The summed E-state index contributed by atoms with van der Waals surface area (Å²) in [5.74, 6) is 0. The van der Waals surface area contributed by atoms with E-state index in [4.69, 9.17) is 0 Å². The molecule has 0 bridgehead atoms. The van der Waals surface area contributed by atoms with Crippen LogP contribution < -0.4 is 0 Å². The fourth-order valence-electron chi connectivity index (χ4n) is 2.71. The Balaban J connectivity index is 2.13. The quantitative estimate of drug-likeness (QED) is 0.614. The topological polar surface area (TPSA) is 0 Å². The van der Waals surface area contributed by atoms with Crippen LogP contribution in [0.4, 0.5) is 0 Å². The van der Waals surface area contributed by atoms with Gasteiger partial charge in [-0.3, -0.25) is 0 Å². The number of hydrogen-bond donors (Lipinski definition) is 0. The zero-order chi connectivity index (χ0) is 12.5. The van der Waals surface area contributed by atoms with Crippen LogP contribution in [0, 0.1) is 0 Å². The Bertz CT molecular complexity index is 582. The summed E-state index contributed by atoms with van der Waals surface area (Å²) in [6.45, 7) is 0. The molecule has 0 saturated carbocycles. The number of hydrogen-bond acceptors (Lipinski definition) is 0. The standard InChI is InChI=1S/C15H11.2CH3.Hf/c1-2-6-12(7-3-1)14-10-4-8-13-9-5-11-15(13)14;;;/h1-11H;2*1H3;. The molecule has 2 aromatic carbocycles. The summed E-state index contributed by atoms with van der Waals surface area (Å²) in [4.78, 5) is 0. The molecule has 1 aliphatic carbocycles. The van der Waals surface area contributed by atoms with Gasteiger partial charge in [0.2, 0.25) is 0 Å². The molecule has 0 heterocycles. The van der Waals surface area contributed by atoms with Crippen LogP contribution in [0.25, 0.3) is 17.2 Å². The second-order valence-corrected chi connectivity index (χ2v) is 15.1. The molecule has 2 aromatic rings. The third-order valence-electron chi connectivity index (χ3n) is 3.64. The monoisotopic (exact) mass is 401 g/mol. The van der Waals surface area contributed by atoms with Gasteiger partial charge < -0.3 is 0 Å². The molecule has 0 radical (unpaired) electrons. The summed E-state index contributed by atoms with van der Waals surface area (Å²) >= 11 is -1.37. The van der Waals surface area contributed by atoms with Crippen molar-refractivity contribution >= 4 is 6.08 Å². The Morgan fingerprint density at radius 3 is 2.39 bits per heavy atom. The predicted molar refractivity (Wildman–Crippen MR) is 75.4 cm³/mol. The zero-order valence-electron chi connectivity index (χ0n) is 10.9. The van der Waals surface area contributed by atoms with Crippen LogP contribution in [0.3, 0.4) is 0 Å². The van der Waals surface area contributed by atoms with E-state index in [0.29, 0.717) is 0 Å². The molecule has 0 aromatic heterocycles. The van der Waals surface area contributed by atoms with E-state index in [1.807, 2.05) is 0 Å². The molecule has 1 unspecified atom stereocenters. The molecule has 3 rings (SSSR count). The van der Waals surface area contributed by atoms with Crippen LogP contribution in [0.1, 0.15) is 14.8 Å². The van der Waals surface area contributed by atoms with Crippen molar-refractivity contribution in [1.82, 2.24) is 0 Å². The second kappa shape index (κ2) is 4.97. The van der Waals surface area contributed by atoms with Crippen molar-refractivity contribution < 1.29 is 21.4 Å². The van der Waals surface area contributed by atoms with Gasteiger partial charge in [-0.05, 0) is 0 Å². The molecule has 1 heteroatoms. The molecule has 0 nitrogen and oxygen atoms in total. The zero-order valence-corrected chi connectivity index (χ0v) is 14.4. The van der Waals surface area contributed by atoms with Crippen molar-refractivity contribution in [1.29, 1.82) is 0 Å². The van der Waals surface area contributed by atoms with E-state index in [0.717, 1.165) is 3.67 Å². The Hall–Kier alpha value is -0.950. The number of benzene rings is 2. The van der Waals surface area contributed by atoms with Gasteiger partial charge in [-0.2, -0.15) is 0 Å². The molecule has 18 heavy (non-hydrogen) atoms. The summed E-state index contributed by atoms with van der Waals surface area (Å²) in [6, 6.07) is 17.5. The predicted octanol–water partition coefficient (Wildman–Crippen LogP) is 5.14. The number of rotatable bonds is 2.